The molecule has 0 fully saturated rings. The highest BCUT2D eigenvalue weighted by atomic mass is 35.5. The summed E-state index contributed by atoms with van der Waals surface area (Å²) >= 11 is 11.9. The van der Waals surface area contributed by atoms with Gasteiger partial charge in [0.15, 0.2) is 23.3 Å². The Bertz CT molecular complexity index is 1120. The first-order valence-electron chi connectivity index (χ1n) is 7.11. The van der Waals surface area contributed by atoms with Crippen molar-refractivity contribution in [2.75, 3.05) is 0 Å². The number of aromatic carboxylic acids is 1. The molecule has 3 nitrogen and oxygen atoms in total. The van der Waals surface area contributed by atoms with Crippen molar-refractivity contribution in [3.05, 3.63) is 62.5 Å². The third-order valence-corrected chi connectivity index (χ3v) is 4.66. The maximum absolute atomic E-state index is 14.3. The fraction of sp³-hybridized carbons (Fsp3) is 0.0588. The Hall–Kier alpha value is -2.45. The van der Waals surface area contributed by atoms with Gasteiger partial charge >= 0.3 is 5.97 Å². The Labute approximate surface area is 158 Å². The number of aromatic nitrogens is 1. The number of halogens is 7. The SMILES string of the molecule is Cc1nc2c(C(=O)O)c(Cl)ccc2c(-c2c(F)c(F)c(F)c(F)c2F)c1Cl. The fourth-order valence-electron chi connectivity index (χ4n) is 2.67. The van der Waals surface area contributed by atoms with E-state index in [1.807, 2.05) is 0 Å². The number of pyridine rings is 1. The summed E-state index contributed by atoms with van der Waals surface area (Å²) in [7, 11) is 0. The van der Waals surface area contributed by atoms with Gasteiger partial charge in [0.25, 0.3) is 0 Å². The van der Waals surface area contributed by atoms with Crippen molar-refractivity contribution in [1.82, 2.24) is 4.98 Å². The number of nitrogens with zero attached hydrogens (tertiary/aromatic N) is 1. The van der Waals surface area contributed by atoms with Gasteiger partial charge in [0, 0.05) is 10.9 Å². The number of hydrogen-bond acceptors (Lipinski definition) is 2. The predicted molar refractivity (Wildman–Crippen MR) is 88.7 cm³/mol. The highest BCUT2D eigenvalue weighted by Crippen LogP contribution is 2.42. The molecule has 0 unspecified atom stereocenters. The monoisotopic (exact) mass is 421 g/mol. The first-order chi connectivity index (χ1) is 12.6. The van der Waals surface area contributed by atoms with Crippen LogP contribution < -0.4 is 0 Å². The molecule has 0 atom stereocenters. The maximum Gasteiger partial charge on any atom is 0.339 e. The van der Waals surface area contributed by atoms with Crippen LogP contribution in [0.15, 0.2) is 12.1 Å². The zero-order valence-corrected chi connectivity index (χ0v) is 14.6. The lowest BCUT2D eigenvalue weighted by molar-refractivity contribution is 0.0699. The van der Waals surface area contributed by atoms with Crippen LogP contribution in [0.4, 0.5) is 22.0 Å². The summed E-state index contributed by atoms with van der Waals surface area (Å²) in [5.74, 6) is -12.3. The molecule has 0 bridgehead atoms. The van der Waals surface area contributed by atoms with Crippen molar-refractivity contribution < 1.29 is 31.9 Å². The number of carbonyl (C=O) groups is 1. The summed E-state index contributed by atoms with van der Waals surface area (Å²) < 4.78 is 69.3. The molecular weight excluding hydrogens is 416 g/mol. The van der Waals surface area contributed by atoms with E-state index in [0.717, 1.165) is 12.1 Å². The predicted octanol–water partition coefficient (Wildman–Crippen LogP) is 5.91. The quantitative estimate of drug-likeness (QED) is 0.317. The molecule has 1 heterocycles. The zero-order valence-electron chi connectivity index (χ0n) is 13.1. The third-order valence-electron chi connectivity index (χ3n) is 3.89. The van der Waals surface area contributed by atoms with Crippen LogP contribution in [0.5, 0.6) is 0 Å². The Morgan fingerprint density at radius 2 is 1.44 bits per heavy atom. The zero-order chi connectivity index (χ0) is 20.2. The smallest absolute Gasteiger partial charge is 0.339 e. The van der Waals surface area contributed by atoms with Crippen molar-refractivity contribution >= 4 is 40.1 Å². The summed E-state index contributed by atoms with van der Waals surface area (Å²) in [6, 6.07) is 2.23. The Morgan fingerprint density at radius 3 is 1.96 bits per heavy atom. The molecule has 0 aliphatic rings. The van der Waals surface area contributed by atoms with E-state index in [4.69, 9.17) is 23.2 Å². The normalized spacial score (nSPS) is 11.3. The minimum Gasteiger partial charge on any atom is -0.478 e. The highest BCUT2D eigenvalue weighted by Gasteiger charge is 2.30. The van der Waals surface area contributed by atoms with Gasteiger partial charge in [-0.05, 0) is 13.0 Å². The van der Waals surface area contributed by atoms with Gasteiger partial charge in [0.2, 0.25) is 5.82 Å². The van der Waals surface area contributed by atoms with Gasteiger partial charge in [0.05, 0.1) is 26.8 Å². The van der Waals surface area contributed by atoms with Crippen LogP contribution in [0.3, 0.4) is 0 Å². The molecule has 0 saturated heterocycles. The van der Waals surface area contributed by atoms with Crippen LogP contribution in [0.25, 0.3) is 22.0 Å². The first-order valence-corrected chi connectivity index (χ1v) is 7.86. The number of carboxylic acids is 1. The molecule has 0 spiro atoms. The first kappa shape index (κ1) is 19.3. The fourth-order valence-corrected chi connectivity index (χ4v) is 3.14. The topological polar surface area (TPSA) is 50.2 Å². The van der Waals surface area contributed by atoms with E-state index < -0.39 is 56.8 Å². The van der Waals surface area contributed by atoms with Crippen LogP contribution in [-0.4, -0.2) is 16.1 Å². The molecular formula is C17H6Cl2F5NO2. The second-order valence-electron chi connectivity index (χ2n) is 5.45. The Kier molecular flexibility index (Phi) is 4.73. The van der Waals surface area contributed by atoms with Crippen LogP contribution in [0.1, 0.15) is 16.1 Å². The van der Waals surface area contributed by atoms with E-state index in [0.29, 0.717) is 0 Å². The highest BCUT2D eigenvalue weighted by molar-refractivity contribution is 6.37. The van der Waals surface area contributed by atoms with E-state index in [2.05, 4.69) is 4.98 Å². The van der Waals surface area contributed by atoms with Gasteiger partial charge in [-0.3, -0.25) is 4.98 Å². The lowest BCUT2D eigenvalue weighted by Crippen LogP contribution is -2.07. The number of aryl methyl sites for hydroxylation is 1. The molecule has 1 aromatic heterocycles. The van der Waals surface area contributed by atoms with Crippen molar-refractivity contribution in [3.63, 3.8) is 0 Å². The minimum absolute atomic E-state index is 0.0899. The van der Waals surface area contributed by atoms with Crippen LogP contribution in [0, 0.1) is 36.0 Å². The summed E-state index contributed by atoms with van der Waals surface area (Å²) in [5.41, 5.74) is -2.76. The molecule has 10 heteroatoms. The lowest BCUT2D eigenvalue weighted by atomic mass is 9.96. The van der Waals surface area contributed by atoms with E-state index in [9.17, 15) is 31.9 Å². The number of carboxylic acid groups (broad SMARTS) is 1. The summed E-state index contributed by atoms with van der Waals surface area (Å²) in [6.07, 6.45) is 0. The van der Waals surface area contributed by atoms with Crippen molar-refractivity contribution in [2.45, 2.75) is 6.92 Å². The number of benzene rings is 2. The Balaban J connectivity index is 2.60. The average Bonchev–Trinajstić information content (AvgIpc) is 2.61. The van der Waals surface area contributed by atoms with E-state index in [1.165, 1.54) is 6.92 Å². The van der Waals surface area contributed by atoms with Gasteiger partial charge < -0.3 is 5.11 Å². The van der Waals surface area contributed by atoms with Crippen molar-refractivity contribution in [1.29, 1.82) is 0 Å². The van der Waals surface area contributed by atoms with E-state index in [-0.39, 0.29) is 21.6 Å². The van der Waals surface area contributed by atoms with E-state index >= 15 is 0 Å². The molecule has 0 saturated carbocycles. The average molecular weight is 422 g/mol. The van der Waals surface area contributed by atoms with Crippen molar-refractivity contribution in [2.24, 2.45) is 0 Å². The van der Waals surface area contributed by atoms with E-state index in [1.54, 1.807) is 0 Å². The van der Waals surface area contributed by atoms with Gasteiger partial charge in [-0.25, -0.2) is 26.7 Å². The molecule has 27 heavy (non-hydrogen) atoms. The maximum atomic E-state index is 14.3. The molecule has 3 rings (SSSR count). The van der Waals surface area contributed by atoms with Crippen LogP contribution in [0.2, 0.25) is 10.0 Å². The largest absolute Gasteiger partial charge is 0.478 e. The second-order valence-corrected chi connectivity index (χ2v) is 6.24. The lowest BCUT2D eigenvalue weighted by Gasteiger charge is -2.15. The van der Waals surface area contributed by atoms with Gasteiger partial charge in [0.1, 0.15) is 5.56 Å². The molecule has 3 aromatic rings. The second kappa shape index (κ2) is 6.61. The summed E-state index contributed by atoms with van der Waals surface area (Å²) in [6.45, 7) is 1.28. The molecule has 140 valence electrons. The molecule has 0 aliphatic carbocycles. The minimum atomic E-state index is -2.32. The molecule has 2 aromatic carbocycles. The van der Waals surface area contributed by atoms with Gasteiger partial charge in [-0.15, -0.1) is 0 Å². The van der Waals surface area contributed by atoms with Crippen molar-refractivity contribution in [3.8, 4) is 11.1 Å². The summed E-state index contributed by atoms with van der Waals surface area (Å²) in [5, 5.41) is 8.48. The number of hydrogen-bond donors (Lipinski definition) is 1. The molecule has 0 aliphatic heterocycles. The van der Waals surface area contributed by atoms with Gasteiger partial charge in [-0.2, -0.15) is 0 Å². The Morgan fingerprint density at radius 1 is 0.926 bits per heavy atom. The standard InChI is InChI=1S/C17H6Cl2F5NO2/c1-4-10(19)7(9-11(20)13(22)15(24)14(23)12(9)21)5-2-3-6(18)8(17(26)27)16(5)25-4/h2-3H,1H3,(H,26,27). The number of rotatable bonds is 2. The molecule has 0 radical (unpaired) electrons. The van der Waals surface area contributed by atoms with Crippen LogP contribution >= 0.6 is 23.2 Å². The molecule has 0 amide bonds. The van der Waals surface area contributed by atoms with Crippen LogP contribution in [-0.2, 0) is 0 Å². The number of fused-ring (bicyclic) bond motifs is 1. The third kappa shape index (κ3) is 2.80. The summed E-state index contributed by atoms with van der Waals surface area (Å²) in [4.78, 5) is 15.5. The molecule has 1 N–H and O–H groups in total. The van der Waals surface area contributed by atoms with Gasteiger partial charge in [-0.1, -0.05) is 29.3 Å².